The van der Waals surface area contributed by atoms with Gasteiger partial charge in [-0.1, -0.05) is 48.0 Å². The summed E-state index contributed by atoms with van der Waals surface area (Å²) in [7, 11) is 0. The molecule has 1 aromatic heterocycles. The molecule has 2 aliphatic rings. The Kier molecular flexibility index (Phi) is 6.75. The lowest BCUT2D eigenvalue weighted by Gasteiger charge is -2.39. The third kappa shape index (κ3) is 4.86. The van der Waals surface area contributed by atoms with Crippen LogP contribution >= 0.6 is 11.6 Å². The van der Waals surface area contributed by atoms with Gasteiger partial charge in [-0.3, -0.25) is 9.69 Å². The van der Waals surface area contributed by atoms with Gasteiger partial charge < -0.3 is 19.5 Å². The van der Waals surface area contributed by atoms with Crippen LogP contribution in [0.3, 0.4) is 0 Å². The van der Waals surface area contributed by atoms with Gasteiger partial charge in [-0.2, -0.15) is 0 Å². The smallest absolute Gasteiger partial charge is 0.322 e. The molecule has 6 rings (SSSR count). The van der Waals surface area contributed by atoms with Crippen molar-refractivity contribution in [3.8, 4) is 11.4 Å². The molecule has 1 saturated carbocycles. The Labute approximate surface area is 232 Å². The molecule has 1 aliphatic carbocycles. The molecule has 8 heteroatoms. The standard InChI is InChI=1S/C31H29ClN4O3/c1-2-39-28-15-6-3-11-24(28)33-31(38)35(23-16-17-23)20-29(37)36-26-13-5-4-12-25(26)34-18-8-14-27(34)30(36)21-9-7-10-22(32)19-21/h3-15,18-19,23,30H,2,16-17,20H2,1H3,(H,33,38)/t30-/m0/s1. The molecule has 2 heterocycles. The van der Waals surface area contributed by atoms with Crippen molar-refractivity contribution < 1.29 is 14.3 Å². The molecule has 0 unspecified atom stereocenters. The minimum absolute atomic E-state index is 0.0155. The molecule has 0 spiro atoms. The van der Waals surface area contributed by atoms with Gasteiger partial charge in [0, 0.05) is 17.3 Å². The predicted octanol–water partition coefficient (Wildman–Crippen LogP) is 6.66. The van der Waals surface area contributed by atoms with Crippen LogP contribution in [0, 0.1) is 0 Å². The number of anilines is 2. The highest BCUT2D eigenvalue weighted by atomic mass is 35.5. The molecule has 4 aromatic rings. The van der Waals surface area contributed by atoms with Crippen LogP contribution in [-0.4, -0.2) is 40.6 Å². The first-order valence-corrected chi connectivity index (χ1v) is 13.6. The third-order valence-corrected chi connectivity index (χ3v) is 7.37. The summed E-state index contributed by atoms with van der Waals surface area (Å²) < 4.78 is 7.80. The topological polar surface area (TPSA) is 66.8 Å². The van der Waals surface area contributed by atoms with E-state index in [2.05, 4.69) is 9.88 Å². The fourth-order valence-electron chi connectivity index (χ4n) is 5.27. The lowest BCUT2D eigenvalue weighted by atomic mass is 9.97. The van der Waals surface area contributed by atoms with Gasteiger partial charge in [-0.05, 0) is 73.9 Å². The number of ether oxygens (including phenoxy) is 1. The van der Waals surface area contributed by atoms with E-state index in [0.717, 1.165) is 35.5 Å². The van der Waals surface area contributed by atoms with Crippen LogP contribution in [0.5, 0.6) is 5.75 Å². The van der Waals surface area contributed by atoms with E-state index in [1.807, 2.05) is 96.9 Å². The molecule has 1 aliphatic heterocycles. The van der Waals surface area contributed by atoms with Crippen molar-refractivity contribution in [1.82, 2.24) is 9.47 Å². The monoisotopic (exact) mass is 540 g/mol. The maximum atomic E-state index is 14.3. The quantitative estimate of drug-likeness (QED) is 0.285. The maximum absolute atomic E-state index is 14.3. The van der Waals surface area contributed by atoms with Gasteiger partial charge in [0.2, 0.25) is 5.91 Å². The Morgan fingerprint density at radius 1 is 0.974 bits per heavy atom. The zero-order chi connectivity index (χ0) is 26.9. The average molecular weight is 541 g/mol. The number of fused-ring (bicyclic) bond motifs is 3. The highest BCUT2D eigenvalue weighted by Gasteiger charge is 2.40. The van der Waals surface area contributed by atoms with Gasteiger partial charge in [0.15, 0.2) is 0 Å². The molecule has 3 amide bonds. The SMILES string of the molecule is CCOc1ccccc1NC(=O)N(CC(=O)N1c2ccccc2-n2cccc2[C@@H]1c1cccc(Cl)c1)C1CC1. The van der Waals surface area contributed by atoms with Gasteiger partial charge in [0.25, 0.3) is 0 Å². The molecule has 198 valence electrons. The Morgan fingerprint density at radius 2 is 1.74 bits per heavy atom. The van der Waals surface area contributed by atoms with E-state index in [-0.39, 0.29) is 24.5 Å². The first-order chi connectivity index (χ1) is 19.0. The summed E-state index contributed by atoms with van der Waals surface area (Å²) in [5.41, 5.74) is 4.14. The summed E-state index contributed by atoms with van der Waals surface area (Å²) in [5, 5.41) is 3.58. The molecular formula is C31H29ClN4O3. The van der Waals surface area contributed by atoms with Gasteiger partial charge in [-0.15, -0.1) is 0 Å². The van der Waals surface area contributed by atoms with Gasteiger partial charge in [0.05, 0.1) is 29.4 Å². The van der Waals surface area contributed by atoms with Crippen LogP contribution in [0.2, 0.25) is 5.02 Å². The van der Waals surface area contributed by atoms with E-state index in [1.54, 1.807) is 11.0 Å². The van der Waals surface area contributed by atoms with Crippen molar-refractivity contribution in [2.24, 2.45) is 0 Å². The average Bonchev–Trinajstić information content (AvgIpc) is 3.67. The van der Waals surface area contributed by atoms with Crippen molar-refractivity contribution in [2.45, 2.75) is 31.8 Å². The Bertz CT molecular complexity index is 1530. The molecule has 0 bridgehead atoms. The number of carbonyl (C=O) groups is 2. The second kappa shape index (κ2) is 10.5. The number of para-hydroxylation sites is 4. The van der Waals surface area contributed by atoms with Crippen LogP contribution in [0.15, 0.2) is 91.1 Å². The zero-order valence-electron chi connectivity index (χ0n) is 21.6. The highest BCUT2D eigenvalue weighted by Crippen LogP contribution is 2.43. The maximum Gasteiger partial charge on any atom is 0.322 e. The van der Waals surface area contributed by atoms with E-state index in [0.29, 0.717) is 23.1 Å². The number of halogens is 1. The van der Waals surface area contributed by atoms with Gasteiger partial charge in [-0.25, -0.2) is 4.79 Å². The molecule has 3 aromatic carbocycles. The summed E-state index contributed by atoms with van der Waals surface area (Å²) >= 11 is 6.40. The molecule has 7 nitrogen and oxygen atoms in total. The first-order valence-electron chi connectivity index (χ1n) is 13.2. The second-order valence-electron chi connectivity index (χ2n) is 9.73. The van der Waals surface area contributed by atoms with E-state index in [9.17, 15) is 9.59 Å². The van der Waals surface area contributed by atoms with Crippen molar-refractivity contribution in [2.75, 3.05) is 23.4 Å². The summed E-state index contributed by atoms with van der Waals surface area (Å²) in [6.45, 7) is 2.33. The zero-order valence-corrected chi connectivity index (χ0v) is 22.3. The van der Waals surface area contributed by atoms with E-state index >= 15 is 0 Å². The first kappa shape index (κ1) is 25.1. The summed E-state index contributed by atoms with van der Waals surface area (Å²) in [5.74, 6) is 0.433. The summed E-state index contributed by atoms with van der Waals surface area (Å²) in [4.78, 5) is 31.3. The predicted molar refractivity (Wildman–Crippen MR) is 153 cm³/mol. The normalized spacial score (nSPS) is 15.7. The van der Waals surface area contributed by atoms with Crippen molar-refractivity contribution in [1.29, 1.82) is 0 Å². The number of carbonyl (C=O) groups excluding carboxylic acids is 2. The number of urea groups is 1. The lowest BCUT2D eigenvalue weighted by molar-refractivity contribution is -0.119. The Morgan fingerprint density at radius 3 is 2.51 bits per heavy atom. The van der Waals surface area contributed by atoms with Gasteiger partial charge in [0.1, 0.15) is 18.3 Å². The second-order valence-corrected chi connectivity index (χ2v) is 10.2. The minimum Gasteiger partial charge on any atom is -0.492 e. The lowest BCUT2D eigenvalue weighted by Crippen LogP contribution is -2.48. The van der Waals surface area contributed by atoms with Crippen LogP contribution in [-0.2, 0) is 4.79 Å². The molecule has 1 fully saturated rings. The largest absolute Gasteiger partial charge is 0.492 e. The van der Waals surface area contributed by atoms with Crippen molar-refractivity contribution >= 4 is 34.9 Å². The van der Waals surface area contributed by atoms with Crippen LogP contribution in [0.4, 0.5) is 16.2 Å². The van der Waals surface area contributed by atoms with Crippen LogP contribution in [0.1, 0.15) is 37.1 Å². The van der Waals surface area contributed by atoms with E-state index in [1.165, 1.54) is 0 Å². The number of rotatable bonds is 7. The van der Waals surface area contributed by atoms with Gasteiger partial charge >= 0.3 is 6.03 Å². The van der Waals surface area contributed by atoms with Crippen LogP contribution < -0.4 is 15.0 Å². The molecule has 39 heavy (non-hydrogen) atoms. The van der Waals surface area contributed by atoms with Crippen molar-refractivity contribution in [3.05, 3.63) is 107 Å². The van der Waals surface area contributed by atoms with E-state index in [4.69, 9.17) is 16.3 Å². The number of nitrogens with zero attached hydrogens (tertiary/aromatic N) is 3. The summed E-state index contributed by atoms with van der Waals surface area (Å²) in [6, 6.07) is 26.1. The number of aromatic nitrogens is 1. The number of hydrogen-bond acceptors (Lipinski definition) is 3. The van der Waals surface area contributed by atoms with E-state index < -0.39 is 6.04 Å². The number of benzene rings is 3. The fraction of sp³-hybridized carbons (Fsp3) is 0.226. The molecule has 0 radical (unpaired) electrons. The number of hydrogen-bond donors (Lipinski definition) is 1. The highest BCUT2D eigenvalue weighted by molar-refractivity contribution is 6.30. The molecular weight excluding hydrogens is 512 g/mol. The fourth-order valence-corrected chi connectivity index (χ4v) is 5.47. The molecule has 1 N–H and O–H groups in total. The third-order valence-electron chi connectivity index (χ3n) is 7.14. The number of amides is 3. The molecule has 0 saturated heterocycles. The Balaban J connectivity index is 1.35. The van der Waals surface area contributed by atoms with Crippen molar-refractivity contribution in [3.63, 3.8) is 0 Å². The minimum atomic E-state index is -0.399. The number of nitrogens with one attached hydrogen (secondary N) is 1. The Hall–Kier alpha value is -4.23. The molecule has 1 atom stereocenters. The van der Waals surface area contributed by atoms with Crippen LogP contribution in [0.25, 0.3) is 5.69 Å². The summed E-state index contributed by atoms with van der Waals surface area (Å²) in [6.07, 6.45) is 3.74.